The standard InChI is InChI=1S/C29H30N6O3/c1-29(2,36)19-38-25-12-26(28-22(13-30)15-33-35(28)18-25)21-4-7-27(32-14-21)20-8-10-34(11-9-20)17-23-5-6-24(37-3)16-31-23/h4-8,12,14-16,18,36H,9-11,17,19H2,1-3H3. The Morgan fingerprint density at radius 1 is 1.11 bits per heavy atom. The second-order valence-electron chi connectivity index (χ2n) is 9.99. The van der Waals surface area contributed by atoms with Crippen LogP contribution < -0.4 is 9.47 Å². The lowest BCUT2D eigenvalue weighted by atomic mass is 10.0. The van der Waals surface area contributed by atoms with E-state index in [1.165, 1.54) is 5.57 Å². The van der Waals surface area contributed by atoms with Crippen LogP contribution in [-0.4, -0.2) is 62.0 Å². The van der Waals surface area contributed by atoms with Gasteiger partial charge in [-0.05, 0) is 50.1 Å². The van der Waals surface area contributed by atoms with Gasteiger partial charge in [-0.2, -0.15) is 10.4 Å². The van der Waals surface area contributed by atoms with Gasteiger partial charge in [0.25, 0.3) is 0 Å². The van der Waals surface area contributed by atoms with Gasteiger partial charge in [0, 0.05) is 37.0 Å². The summed E-state index contributed by atoms with van der Waals surface area (Å²) in [5, 5.41) is 24.0. The van der Waals surface area contributed by atoms with E-state index in [2.05, 4.69) is 27.1 Å². The molecule has 0 saturated heterocycles. The van der Waals surface area contributed by atoms with Crippen molar-refractivity contribution in [2.24, 2.45) is 0 Å². The average molecular weight is 511 g/mol. The number of fused-ring (bicyclic) bond motifs is 1. The molecule has 9 nitrogen and oxygen atoms in total. The summed E-state index contributed by atoms with van der Waals surface area (Å²) in [6.45, 7) is 6.04. The summed E-state index contributed by atoms with van der Waals surface area (Å²) in [5.74, 6) is 1.31. The number of nitrogens with zero attached hydrogens (tertiary/aromatic N) is 6. The van der Waals surface area contributed by atoms with Crippen molar-refractivity contribution in [1.82, 2.24) is 24.5 Å². The first-order chi connectivity index (χ1) is 18.3. The second-order valence-corrected chi connectivity index (χ2v) is 9.99. The fraction of sp³-hybridized carbons (Fsp3) is 0.310. The summed E-state index contributed by atoms with van der Waals surface area (Å²) in [4.78, 5) is 11.6. The molecule has 5 heterocycles. The van der Waals surface area contributed by atoms with Crippen LogP contribution in [0.2, 0.25) is 0 Å². The molecule has 4 aromatic heterocycles. The molecule has 38 heavy (non-hydrogen) atoms. The Balaban J connectivity index is 1.34. The molecule has 0 aromatic carbocycles. The van der Waals surface area contributed by atoms with Gasteiger partial charge in [-0.25, -0.2) is 4.52 Å². The van der Waals surface area contributed by atoms with E-state index < -0.39 is 5.60 Å². The minimum absolute atomic E-state index is 0.126. The molecule has 194 valence electrons. The third kappa shape index (κ3) is 5.67. The first-order valence-corrected chi connectivity index (χ1v) is 12.5. The third-order valence-electron chi connectivity index (χ3n) is 6.41. The highest BCUT2D eigenvalue weighted by Gasteiger charge is 2.18. The maximum Gasteiger partial charge on any atom is 0.138 e. The topological polar surface area (TPSA) is 109 Å². The fourth-order valence-corrected chi connectivity index (χ4v) is 4.42. The molecular weight excluding hydrogens is 480 g/mol. The molecule has 4 aromatic rings. The van der Waals surface area contributed by atoms with Crippen molar-refractivity contribution in [3.63, 3.8) is 0 Å². The summed E-state index contributed by atoms with van der Waals surface area (Å²) < 4.78 is 12.7. The van der Waals surface area contributed by atoms with Crippen LogP contribution >= 0.6 is 0 Å². The third-order valence-corrected chi connectivity index (χ3v) is 6.41. The van der Waals surface area contributed by atoms with Crippen LogP contribution in [0.25, 0.3) is 22.2 Å². The molecule has 0 fully saturated rings. The molecule has 0 radical (unpaired) electrons. The summed E-state index contributed by atoms with van der Waals surface area (Å²) in [6, 6.07) is 12.1. The second kappa shape index (κ2) is 10.6. The van der Waals surface area contributed by atoms with Crippen LogP contribution in [-0.2, 0) is 6.54 Å². The molecule has 0 spiro atoms. The molecule has 0 amide bonds. The fourth-order valence-electron chi connectivity index (χ4n) is 4.42. The lowest BCUT2D eigenvalue weighted by Crippen LogP contribution is -2.28. The molecule has 0 aliphatic carbocycles. The van der Waals surface area contributed by atoms with E-state index in [0.29, 0.717) is 16.8 Å². The van der Waals surface area contributed by atoms with E-state index in [-0.39, 0.29) is 6.61 Å². The Hall–Kier alpha value is -4.26. The highest BCUT2D eigenvalue weighted by Crippen LogP contribution is 2.32. The van der Waals surface area contributed by atoms with E-state index in [4.69, 9.17) is 14.5 Å². The Labute approximate surface area is 221 Å². The lowest BCUT2D eigenvalue weighted by molar-refractivity contribution is 0.0283. The number of aliphatic hydroxyl groups is 1. The quantitative estimate of drug-likeness (QED) is 0.377. The number of hydrogen-bond acceptors (Lipinski definition) is 8. The van der Waals surface area contributed by atoms with Crippen molar-refractivity contribution < 1.29 is 14.6 Å². The molecular formula is C29H30N6O3. The van der Waals surface area contributed by atoms with Crippen LogP contribution in [0.1, 0.15) is 37.2 Å². The number of ether oxygens (including phenoxy) is 2. The zero-order valence-electron chi connectivity index (χ0n) is 21.8. The van der Waals surface area contributed by atoms with E-state index in [1.807, 2.05) is 36.5 Å². The Morgan fingerprint density at radius 2 is 1.97 bits per heavy atom. The van der Waals surface area contributed by atoms with Crippen LogP contribution in [0.3, 0.4) is 0 Å². The van der Waals surface area contributed by atoms with Gasteiger partial charge >= 0.3 is 0 Å². The monoisotopic (exact) mass is 510 g/mol. The largest absolute Gasteiger partial charge is 0.495 e. The molecule has 1 N–H and O–H groups in total. The van der Waals surface area contributed by atoms with Crippen molar-refractivity contribution >= 4 is 11.1 Å². The van der Waals surface area contributed by atoms with E-state index in [0.717, 1.165) is 54.3 Å². The van der Waals surface area contributed by atoms with Crippen molar-refractivity contribution in [1.29, 1.82) is 5.26 Å². The SMILES string of the molecule is COc1ccc(CN2CC=C(c3ccc(-c4cc(OCC(C)(C)O)cn5ncc(C#N)c45)cn3)CC2)nc1. The summed E-state index contributed by atoms with van der Waals surface area (Å²) in [5.41, 5.74) is 5.00. The molecule has 0 saturated carbocycles. The van der Waals surface area contributed by atoms with Crippen molar-refractivity contribution in [3.05, 3.63) is 78.1 Å². The molecule has 0 bridgehead atoms. The van der Waals surface area contributed by atoms with Crippen LogP contribution in [0, 0.1) is 11.3 Å². The average Bonchev–Trinajstić information content (AvgIpc) is 3.35. The van der Waals surface area contributed by atoms with Crippen LogP contribution in [0.4, 0.5) is 0 Å². The maximum atomic E-state index is 10.1. The Bertz CT molecular complexity index is 1500. The number of aromatic nitrogens is 4. The molecule has 0 unspecified atom stereocenters. The van der Waals surface area contributed by atoms with E-state index in [1.54, 1.807) is 44.1 Å². The predicted octanol–water partition coefficient (Wildman–Crippen LogP) is 4.11. The minimum atomic E-state index is -0.977. The zero-order chi connectivity index (χ0) is 26.7. The first kappa shape index (κ1) is 25.4. The molecule has 1 aliphatic heterocycles. The van der Waals surface area contributed by atoms with Gasteiger partial charge in [-0.15, -0.1) is 0 Å². The lowest BCUT2D eigenvalue weighted by Gasteiger charge is -2.25. The molecule has 5 rings (SSSR count). The number of nitriles is 1. The van der Waals surface area contributed by atoms with Gasteiger partial charge in [-0.1, -0.05) is 12.1 Å². The highest BCUT2D eigenvalue weighted by atomic mass is 16.5. The van der Waals surface area contributed by atoms with Crippen LogP contribution in [0.15, 0.2) is 61.2 Å². The van der Waals surface area contributed by atoms with Crippen molar-refractivity contribution in [2.45, 2.75) is 32.4 Å². The van der Waals surface area contributed by atoms with Crippen molar-refractivity contribution in [2.75, 3.05) is 26.8 Å². The number of hydrogen-bond donors (Lipinski definition) is 1. The van der Waals surface area contributed by atoms with E-state index >= 15 is 0 Å². The highest BCUT2D eigenvalue weighted by molar-refractivity contribution is 5.85. The normalized spacial score (nSPS) is 14.2. The number of pyridine rings is 3. The maximum absolute atomic E-state index is 10.1. The number of methoxy groups -OCH3 is 1. The molecule has 9 heteroatoms. The van der Waals surface area contributed by atoms with Crippen molar-refractivity contribution in [3.8, 4) is 28.7 Å². The van der Waals surface area contributed by atoms with Gasteiger partial charge in [0.1, 0.15) is 24.2 Å². The summed E-state index contributed by atoms with van der Waals surface area (Å²) >= 11 is 0. The first-order valence-electron chi connectivity index (χ1n) is 12.5. The van der Waals surface area contributed by atoms with Gasteiger partial charge in [-0.3, -0.25) is 14.9 Å². The van der Waals surface area contributed by atoms with E-state index in [9.17, 15) is 10.4 Å². The smallest absolute Gasteiger partial charge is 0.138 e. The molecule has 0 atom stereocenters. The van der Waals surface area contributed by atoms with Gasteiger partial charge in [0.2, 0.25) is 0 Å². The zero-order valence-corrected chi connectivity index (χ0v) is 21.8. The van der Waals surface area contributed by atoms with Gasteiger partial charge in [0.05, 0.1) is 53.8 Å². The summed E-state index contributed by atoms with van der Waals surface area (Å²) in [6.07, 6.45) is 9.96. The minimum Gasteiger partial charge on any atom is -0.495 e. The summed E-state index contributed by atoms with van der Waals surface area (Å²) in [7, 11) is 1.64. The number of rotatable bonds is 8. The van der Waals surface area contributed by atoms with Gasteiger partial charge in [0.15, 0.2) is 0 Å². The Morgan fingerprint density at radius 3 is 2.61 bits per heavy atom. The predicted molar refractivity (Wildman–Crippen MR) is 144 cm³/mol. The van der Waals surface area contributed by atoms with Gasteiger partial charge < -0.3 is 14.6 Å². The van der Waals surface area contributed by atoms with Crippen LogP contribution in [0.5, 0.6) is 11.5 Å². The molecule has 1 aliphatic rings. The Kier molecular flexibility index (Phi) is 7.09.